The van der Waals surface area contributed by atoms with Crippen LogP contribution in [-0.4, -0.2) is 24.6 Å². The fraction of sp³-hybridized carbons (Fsp3) is 0.800. The Balaban J connectivity index is 1.78. The van der Waals surface area contributed by atoms with Crippen molar-refractivity contribution in [3.63, 3.8) is 0 Å². The van der Waals surface area contributed by atoms with Gasteiger partial charge in [0.2, 0.25) is 10.0 Å². The maximum absolute atomic E-state index is 12.5. The highest BCUT2D eigenvalue weighted by Gasteiger charge is 2.60. The quantitative estimate of drug-likeness (QED) is 0.665. The Kier molecular flexibility index (Phi) is 3.64. The minimum absolute atomic E-state index is 0.0224. The molecule has 2 aliphatic carbocycles. The molecule has 0 unspecified atom stereocenters. The number of carbonyl (C=O) groups is 1. The molecule has 0 aromatic carbocycles. The molecule has 3 N–H and O–H groups in total. The molecule has 0 aromatic rings. The molecule has 1 spiro atoms. The first-order valence-corrected chi connectivity index (χ1v) is 9.40. The zero-order valence-electron chi connectivity index (χ0n) is 12.3. The first-order chi connectivity index (χ1) is 9.90. The fourth-order valence-corrected chi connectivity index (χ4v) is 4.95. The monoisotopic (exact) mass is 312 g/mol. The number of hydrogen-bond donors (Lipinski definition) is 2. The van der Waals surface area contributed by atoms with E-state index in [1.165, 1.54) is 0 Å². The Labute approximate surface area is 126 Å². The van der Waals surface area contributed by atoms with Crippen LogP contribution < -0.4 is 10.5 Å². The molecule has 3 rings (SSSR count). The molecular weight excluding hydrogens is 288 g/mol. The predicted octanol–water partition coefficient (Wildman–Crippen LogP) is 1.59. The number of hydrogen-bond acceptors (Lipinski definition) is 4. The summed E-state index contributed by atoms with van der Waals surface area (Å²) < 4.78 is 26.5. The van der Waals surface area contributed by atoms with Gasteiger partial charge in [0.25, 0.3) is 5.91 Å². The third kappa shape index (κ3) is 2.75. The number of carbonyl (C=O) groups excluding carboxylic acids is 1. The van der Waals surface area contributed by atoms with Crippen LogP contribution in [0.2, 0.25) is 0 Å². The Bertz CT molecular complexity index is 565. The van der Waals surface area contributed by atoms with Crippen LogP contribution in [0.1, 0.15) is 57.8 Å². The summed E-state index contributed by atoms with van der Waals surface area (Å²) in [7, 11) is -3.60. The lowest BCUT2D eigenvalue weighted by atomic mass is 10.1. The van der Waals surface area contributed by atoms with Crippen molar-refractivity contribution in [2.45, 2.75) is 68.1 Å². The Morgan fingerprint density at radius 3 is 2.57 bits per heavy atom. The molecule has 2 atom stereocenters. The summed E-state index contributed by atoms with van der Waals surface area (Å²) >= 11 is 0. The molecular formula is C15H24N2O3S. The van der Waals surface area contributed by atoms with E-state index in [1.807, 2.05) is 6.08 Å². The van der Waals surface area contributed by atoms with Crippen molar-refractivity contribution in [1.29, 1.82) is 0 Å². The molecule has 0 saturated heterocycles. The number of fused-ring (bicyclic) bond motifs is 1. The van der Waals surface area contributed by atoms with Crippen LogP contribution in [0.3, 0.4) is 0 Å². The van der Waals surface area contributed by atoms with Gasteiger partial charge < -0.3 is 5.73 Å². The third-order valence-electron chi connectivity index (χ3n) is 5.21. The Morgan fingerprint density at radius 1 is 1.14 bits per heavy atom. The molecule has 118 valence electrons. The van der Waals surface area contributed by atoms with Gasteiger partial charge in [-0.1, -0.05) is 31.4 Å². The van der Waals surface area contributed by atoms with Crippen molar-refractivity contribution in [1.82, 2.24) is 4.72 Å². The van der Waals surface area contributed by atoms with Gasteiger partial charge in [-0.25, -0.2) is 8.42 Å². The minimum Gasteiger partial charge on any atom is -0.317 e. The molecule has 5 nitrogen and oxygen atoms in total. The van der Waals surface area contributed by atoms with Crippen molar-refractivity contribution >= 4 is 15.9 Å². The second-order valence-electron chi connectivity index (χ2n) is 6.85. The molecule has 2 saturated carbocycles. The SMILES string of the molecule is N[C@]12C[C@H]1/C=C/CCCCCCC1(CC1)S(=O)(=O)NC2=O. The molecule has 1 amide bonds. The van der Waals surface area contributed by atoms with Gasteiger partial charge in [0.05, 0.1) is 4.75 Å². The molecule has 21 heavy (non-hydrogen) atoms. The van der Waals surface area contributed by atoms with Crippen molar-refractivity contribution < 1.29 is 13.2 Å². The van der Waals surface area contributed by atoms with Crippen molar-refractivity contribution in [3.8, 4) is 0 Å². The van der Waals surface area contributed by atoms with Crippen LogP contribution in [0.25, 0.3) is 0 Å². The molecule has 0 radical (unpaired) electrons. The summed E-state index contributed by atoms with van der Waals surface area (Å²) in [5, 5.41) is 0. The average molecular weight is 312 g/mol. The van der Waals surface area contributed by atoms with Gasteiger partial charge >= 0.3 is 0 Å². The number of allylic oxidation sites excluding steroid dienone is 1. The van der Waals surface area contributed by atoms with Crippen LogP contribution in [-0.2, 0) is 14.8 Å². The molecule has 0 bridgehead atoms. The van der Waals surface area contributed by atoms with E-state index in [1.54, 1.807) is 0 Å². The number of amides is 1. The van der Waals surface area contributed by atoms with Crippen molar-refractivity contribution in [2.24, 2.45) is 11.7 Å². The fourth-order valence-electron chi connectivity index (χ4n) is 3.25. The lowest BCUT2D eigenvalue weighted by molar-refractivity contribution is -0.121. The zero-order valence-corrected chi connectivity index (χ0v) is 13.1. The lowest BCUT2D eigenvalue weighted by Gasteiger charge is -2.19. The molecule has 6 heteroatoms. The second kappa shape index (κ2) is 5.09. The average Bonchev–Trinajstić information content (AvgIpc) is 3.29. The molecule has 1 aliphatic heterocycles. The Hall–Kier alpha value is -0.880. The highest BCUT2D eigenvalue weighted by Crippen LogP contribution is 2.48. The second-order valence-corrected chi connectivity index (χ2v) is 8.93. The highest BCUT2D eigenvalue weighted by atomic mass is 32.2. The molecule has 0 aromatic heterocycles. The van der Waals surface area contributed by atoms with E-state index in [9.17, 15) is 13.2 Å². The Morgan fingerprint density at radius 2 is 1.86 bits per heavy atom. The number of rotatable bonds is 0. The van der Waals surface area contributed by atoms with Crippen LogP contribution in [0.5, 0.6) is 0 Å². The first-order valence-electron chi connectivity index (χ1n) is 7.92. The van der Waals surface area contributed by atoms with Gasteiger partial charge in [-0.05, 0) is 38.5 Å². The van der Waals surface area contributed by atoms with E-state index < -0.39 is 26.2 Å². The number of nitrogens with two attached hydrogens (primary N) is 1. The lowest BCUT2D eigenvalue weighted by Crippen LogP contribution is -2.49. The summed E-state index contributed by atoms with van der Waals surface area (Å²) in [5.74, 6) is -0.550. The maximum atomic E-state index is 12.5. The van der Waals surface area contributed by atoms with E-state index in [4.69, 9.17) is 5.73 Å². The summed E-state index contributed by atoms with van der Waals surface area (Å²) in [6, 6.07) is 0. The van der Waals surface area contributed by atoms with Crippen LogP contribution >= 0.6 is 0 Å². The number of sulfonamides is 1. The van der Waals surface area contributed by atoms with Crippen LogP contribution in [0.4, 0.5) is 0 Å². The standard InChI is InChI=1S/C15H24N2O3S/c16-15-11-12(15)7-5-3-1-2-4-6-8-14(9-10-14)21(19,20)17-13(15)18/h5,7,12H,1-4,6,8-11,16H2,(H,17,18)/b7-5+/t12-,15-/m1/s1. The summed E-state index contributed by atoms with van der Waals surface area (Å²) in [4.78, 5) is 12.2. The van der Waals surface area contributed by atoms with E-state index in [2.05, 4.69) is 10.8 Å². The van der Waals surface area contributed by atoms with Crippen LogP contribution in [0, 0.1) is 5.92 Å². The highest BCUT2D eigenvalue weighted by molar-refractivity contribution is 7.91. The summed E-state index contributed by atoms with van der Waals surface area (Å²) in [6.07, 6.45) is 11.8. The van der Waals surface area contributed by atoms with E-state index in [0.717, 1.165) is 32.1 Å². The summed E-state index contributed by atoms with van der Waals surface area (Å²) in [6.45, 7) is 0. The number of nitrogens with one attached hydrogen (secondary N) is 1. The van der Waals surface area contributed by atoms with Gasteiger partial charge in [0.1, 0.15) is 5.54 Å². The van der Waals surface area contributed by atoms with Gasteiger partial charge in [0, 0.05) is 5.92 Å². The van der Waals surface area contributed by atoms with Crippen LogP contribution in [0.15, 0.2) is 12.2 Å². The minimum atomic E-state index is -3.60. The zero-order chi connectivity index (χ0) is 15.1. The van der Waals surface area contributed by atoms with Crippen molar-refractivity contribution in [2.75, 3.05) is 0 Å². The van der Waals surface area contributed by atoms with Gasteiger partial charge in [0.15, 0.2) is 0 Å². The first kappa shape index (κ1) is 15.0. The summed E-state index contributed by atoms with van der Waals surface area (Å²) in [5.41, 5.74) is 5.02. The predicted molar refractivity (Wildman–Crippen MR) is 80.9 cm³/mol. The van der Waals surface area contributed by atoms with E-state index >= 15 is 0 Å². The maximum Gasteiger partial charge on any atom is 0.254 e. The topological polar surface area (TPSA) is 89.3 Å². The normalized spacial score (nSPS) is 39.7. The van der Waals surface area contributed by atoms with Crippen molar-refractivity contribution in [3.05, 3.63) is 12.2 Å². The molecule has 3 aliphatic rings. The van der Waals surface area contributed by atoms with Gasteiger partial charge in [-0.15, -0.1) is 0 Å². The van der Waals surface area contributed by atoms with Gasteiger partial charge in [-0.2, -0.15) is 0 Å². The molecule has 1 heterocycles. The van der Waals surface area contributed by atoms with Gasteiger partial charge in [-0.3, -0.25) is 9.52 Å². The third-order valence-corrected chi connectivity index (χ3v) is 7.41. The molecule has 2 fully saturated rings. The van der Waals surface area contributed by atoms with E-state index in [-0.39, 0.29) is 5.92 Å². The smallest absolute Gasteiger partial charge is 0.254 e. The largest absolute Gasteiger partial charge is 0.317 e. The van der Waals surface area contributed by atoms with E-state index in [0.29, 0.717) is 25.7 Å².